The van der Waals surface area contributed by atoms with Crippen molar-refractivity contribution >= 4 is 60.6 Å². The van der Waals surface area contributed by atoms with Crippen LogP contribution >= 0.6 is 23.1 Å². The third-order valence-corrected chi connectivity index (χ3v) is 7.60. The van der Waals surface area contributed by atoms with E-state index in [-0.39, 0.29) is 16.3 Å². The van der Waals surface area contributed by atoms with Crippen LogP contribution in [0.3, 0.4) is 0 Å². The molecule has 35 heavy (non-hydrogen) atoms. The summed E-state index contributed by atoms with van der Waals surface area (Å²) >= 11 is 7.54. The highest BCUT2D eigenvalue weighted by Gasteiger charge is 2.24. The highest BCUT2D eigenvalue weighted by atomic mass is 35.5. The second kappa shape index (κ2) is 8.87. The normalized spacial score (nSPS) is 11.9. The largest absolute Gasteiger partial charge is 0.333 e. The number of benzene rings is 2. The number of aromatic nitrogens is 6. The lowest BCUT2D eigenvalue weighted by molar-refractivity contribution is 0.0541. The maximum Gasteiger partial charge on any atom is 0.333 e. The van der Waals surface area contributed by atoms with E-state index < -0.39 is 16.6 Å². The Labute approximate surface area is 206 Å². The van der Waals surface area contributed by atoms with Crippen molar-refractivity contribution < 1.29 is 17.2 Å². The summed E-state index contributed by atoms with van der Waals surface area (Å²) in [6.07, 6.45) is 2.51. The van der Waals surface area contributed by atoms with Gasteiger partial charge in [0.25, 0.3) is 10.0 Å². The van der Waals surface area contributed by atoms with Crippen molar-refractivity contribution in [3.05, 3.63) is 59.5 Å². The van der Waals surface area contributed by atoms with E-state index in [0.717, 1.165) is 28.6 Å². The number of H-pyrrole nitrogens is 1. The van der Waals surface area contributed by atoms with Crippen molar-refractivity contribution in [2.45, 2.75) is 18.4 Å². The summed E-state index contributed by atoms with van der Waals surface area (Å²) in [5, 5.41) is 15.1. The number of sulfonamides is 1. The van der Waals surface area contributed by atoms with Crippen molar-refractivity contribution in [1.29, 1.82) is 0 Å². The summed E-state index contributed by atoms with van der Waals surface area (Å²) < 4.78 is 58.5. The maximum atomic E-state index is 13.0. The molecule has 3 heterocycles. The van der Waals surface area contributed by atoms with Crippen LogP contribution in [-0.2, 0) is 10.0 Å². The van der Waals surface area contributed by atoms with E-state index in [1.165, 1.54) is 13.0 Å². The van der Waals surface area contributed by atoms with Crippen LogP contribution in [-0.4, -0.2) is 37.8 Å². The van der Waals surface area contributed by atoms with Gasteiger partial charge in [-0.15, -0.1) is 0 Å². The second-order valence-electron chi connectivity index (χ2n) is 7.31. The third-order valence-electron chi connectivity index (χ3n) is 5.07. The summed E-state index contributed by atoms with van der Waals surface area (Å²) in [6, 6.07) is 10.0. The quantitative estimate of drug-likeness (QED) is 0.261. The Morgan fingerprint density at radius 2 is 2.03 bits per heavy atom. The molecule has 0 aliphatic rings. The molecule has 0 radical (unpaired) electrons. The molecule has 180 valence electrons. The number of nitrogens with one attached hydrogen (secondary N) is 3. The first-order chi connectivity index (χ1) is 16.7. The van der Waals surface area contributed by atoms with Crippen molar-refractivity contribution in [3.63, 3.8) is 0 Å². The van der Waals surface area contributed by atoms with E-state index in [1.807, 2.05) is 6.07 Å². The number of nitrogens with zero attached hydrogens (tertiary/aromatic N) is 5. The van der Waals surface area contributed by atoms with Gasteiger partial charge in [-0.25, -0.2) is 13.1 Å². The molecule has 0 aliphatic heterocycles. The van der Waals surface area contributed by atoms with Crippen LogP contribution in [0.1, 0.15) is 12.2 Å². The first-order valence-electron chi connectivity index (χ1n) is 9.91. The Balaban J connectivity index is 1.37. The smallest absolute Gasteiger partial charge is 0.329 e. The molecule has 15 heteroatoms. The summed E-state index contributed by atoms with van der Waals surface area (Å²) in [5.41, 5.74) is 2.02. The van der Waals surface area contributed by atoms with E-state index in [0.29, 0.717) is 31.9 Å². The molecule has 0 saturated carbocycles. The highest BCUT2D eigenvalue weighted by Crippen LogP contribution is 2.33. The van der Waals surface area contributed by atoms with Gasteiger partial charge in [-0.05, 0) is 31.2 Å². The van der Waals surface area contributed by atoms with Crippen LogP contribution < -0.4 is 10.0 Å². The zero-order valence-corrected chi connectivity index (χ0v) is 20.1. The first kappa shape index (κ1) is 23.1. The number of anilines is 3. The van der Waals surface area contributed by atoms with Gasteiger partial charge in [0.2, 0.25) is 5.13 Å². The molecule has 3 aromatic heterocycles. The van der Waals surface area contributed by atoms with Crippen LogP contribution in [0.5, 0.6) is 0 Å². The van der Waals surface area contributed by atoms with E-state index >= 15 is 0 Å². The van der Waals surface area contributed by atoms with E-state index in [9.17, 15) is 17.2 Å². The minimum atomic E-state index is -4.15. The van der Waals surface area contributed by atoms with E-state index in [2.05, 4.69) is 34.7 Å². The summed E-state index contributed by atoms with van der Waals surface area (Å²) in [4.78, 5) is 4.12. The highest BCUT2D eigenvalue weighted by molar-refractivity contribution is 7.92. The SMILES string of the molecule is Cc1c(S(=O)(=O)Nc2cccc(-c3nsc(Nc4ccc5[nH]ncc5c4Cl)n3)c2)cnn1C(F)F. The predicted molar refractivity (Wildman–Crippen MR) is 129 cm³/mol. The second-order valence-corrected chi connectivity index (χ2v) is 10.1. The van der Waals surface area contributed by atoms with Gasteiger partial charge < -0.3 is 5.32 Å². The van der Waals surface area contributed by atoms with Crippen LogP contribution in [0.2, 0.25) is 5.02 Å². The standard InChI is InChI=1S/C20H15ClF2N8O2S2/c1-10-16(9-25-31(10)19(22)23)35(32,33)30-12-4-2-3-11(7-12)18-27-20(34-29-18)26-15-6-5-14-13(17(15)21)8-24-28-14/h2-9,19,30H,1H3,(H,24,28)(H,26,27,29). The Morgan fingerprint density at radius 1 is 1.20 bits per heavy atom. The van der Waals surface area contributed by atoms with Crippen LogP contribution in [0.15, 0.2) is 53.7 Å². The fourth-order valence-electron chi connectivity index (χ4n) is 3.39. The van der Waals surface area contributed by atoms with Crippen LogP contribution in [0.25, 0.3) is 22.3 Å². The van der Waals surface area contributed by atoms with Gasteiger partial charge in [-0.1, -0.05) is 23.7 Å². The number of fused-ring (bicyclic) bond motifs is 1. The fraction of sp³-hybridized carbons (Fsp3) is 0.100. The number of hydrogen-bond acceptors (Lipinski definition) is 8. The van der Waals surface area contributed by atoms with E-state index in [1.54, 1.807) is 30.5 Å². The molecular formula is C20H15ClF2N8O2S2. The number of aromatic amines is 1. The Hall–Kier alpha value is -3.62. The summed E-state index contributed by atoms with van der Waals surface area (Å²) in [6.45, 7) is -1.69. The van der Waals surface area contributed by atoms with Gasteiger partial charge >= 0.3 is 6.55 Å². The minimum Gasteiger partial charge on any atom is -0.329 e. The van der Waals surface area contributed by atoms with Gasteiger partial charge in [0.05, 0.1) is 34.3 Å². The molecule has 0 fully saturated rings. The molecule has 0 amide bonds. The molecule has 5 aromatic rings. The third kappa shape index (κ3) is 4.42. The Kier molecular flexibility index (Phi) is 5.86. The van der Waals surface area contributed by atoms with Crippen LogP contribution in [0.4, 0.5) is 25.3 Å². The molecule has 3 N–H and O–H groups in total. The lowest BCUT2D eigenvalue weighted by Gasteiger charge is -2.09. The van der Waals surface area contributed by atoms with Gasteiger partial charge in [0.15, 0.2) is 5.82 Å². The van der Waals surface area contributed by atoms with Crippen molar-refractivity contribution in [2.75, 3.05) is 10.0 Å². The number of rotatable bonds is 7. The average Bonchev–Trinajstić information content (AvgIpc) is 3.55. The zero-order chi connectivity index (χ0) is 24.7. The van der Waals surface area contributed by atoms with E-state index in [4.69, 9.17) is 11.6 Å². The van der Waals surface area contributed by atoms with Crippen molar-refractivity contribution in [1.82, 2.24) is 29.3 Å². The monoisotopic (exact) mass is 536 g/mol. The zero-order valence-electron chi connectivity index (χ0n) is 17.7. The maximum absolute atomic E-state index is 13.0. The lowest BCUT2D eigenvalue weighted by Crippen LogP contribution is -2.14. The Morgan fingerprint density at radius 3 is 2.80 bits per heavy atom. The number of halogens is 3. The van der Waals surface area contributed by atoms with Crippen molar-refractivity contribution in [3.8, 4) is 11.4 Å². The number of alkyl halides is 2. The molecule has 0 aliphatic carbocycles. The lowest BCUT2D eigenvalue weighted by atomic mass is 10.2. The minimum absolute atomic E-state index is 0.173. The summed E-state index contributed by atoms with van der Waals surface area (Å²) in [7, 11) is -4.15. The van der Waals surface area contributed by atoms with Gasteiger partial charge in [-0.3, -0.25) is 9.82 Å². The first-order valence-corrected chi connectivity index (χ1v) is 12.5. The molecule has 5 rings (SSSR count). The fourth-order valence-corrected chi connectivity index (χ4v) is 5.46. The predicted octanol–water partition coefficient (Wildman–Crippen LogP) is 5.18. The molecule has 0 spiro atoms. The topological polar surface area (TPSA) is 130 Å². The summed E-state index contributed by atoms with van der Waals surface area (Å²) in [5.74, 6) is 0.362. The molecule has 0 saturated heterocycles. The molecule has 2 aromatic carbocycles. The Bertz CT molecular complexity index is 1650. The molecule has 10 nitrogen and oxygen atoms in total. The molecule has 0 bridgehead atoms. The molecule has 0 atom stereocenters. The average molecular weight is 537 g/mol. The van der Waals surface area contributed by atoms with Crippen LogP contribution in [0, 0.1) is 6.92 Å². The number of hydrogen-bond donors (Lipinski definition) is 3. The molecular weight excluding hydrogens is 522 g/mol. The van der Waals surface area contributed by atoms with Crippen molar-refractivity contribution in [2.24, 2.45) is 0 Å². The van der Waals surface area contributed by atoms with Gasteiger partial charge in [-0.2, -0.15) is 28.3 Å². The molecule has 0 unspecified atom stereocenters. The van der Waals surface area contributed by atoms with Gasteiger partial charge in [0, 0.05) is 28.2 Å². The van der Waals surface area contributed by atoms with Gasteiger partial charge in [0.1, 0.15) is 4.90 Å².